The van der Waals surface area contributed by atoms with E-state index in [9.17, 15) is 20.1 Å². The summed E-state index contributed by atoms with van der Waals surface area (Å²) in [6.45, 7) is 1.01. The van der Waals surface area contributed by atoms with Crippen LogP contribution in [0.25, 0.3) is 0 Å². The molecule has 0 aliphatic rings. The van der Waals surface area contributed by atoms with Gasteiger partial charge in [0.2, 0.25) is 5.78 Å². The molecule has 0 saturated heterocycles. The minimum Gasteiger partial charge on any atom is -0.359 e. The summed E-state index contributed by atoms with van der Waals surface area (Å²) in [7, 11) is 0. The van der Waals surface area contributed by atoms with E-state index in [2.05, 4.69) is 9.79 Å². The van der Waals surface area contributed by atoms with Gasteiger partial charge in [0.25, 0.3) is 0 Å². The number of ketones is 1. The molecule has 0 amide bonds. The molecule has 0 atom stereocenters. The third kappa shape index (κ3) is 1.09. The van der Waals surface area contributed by atoms with Crippen LogP contribution in [0.15, 0.2) is 4.63 Å². The highest BCUT2D eigenvalue weighted by Crippen LogP contribution is 2.10. The number of rotatable bonds is 2. The predicted octanol–water partition coefficient (Wildman–Crippen LogP) is -0.581. The van der Waals surface area contributed by atoms with Crippen molar-refractivity contribution in [1.29, 1.82) is 0 Å². The Morgan fingerprint density at radius 3 is 2.67 bits per heavy atom. The lowest BCUT2D eigenvalue weighted by molar-refractivity contribution is -0.803. The third-order valence-corrected chi connectivity index (χ3v) is 1.10. The summed E-state index contributed by atoms with van der Waals surface area (Å²) in [5.74, 6) is -1.63. The molecule has 0 bridgehead atoms. The van der Waals surface area contributed by atoms with Crippen molar-refractivity contribution in [3.05, 3.63) is 21.0 Å². The Morgan fingerprint density at radius 1 is 1.75 bits per heavy atom. The molecule has 1 heterocycles. The minimum atomic E-state index is -0.964. The first-order valence-corrected chi connectivity index (χ1v) is 2.79. The molecule has 8 heteroatoms. The van der Waals surface area contributed by atoms with Crippen molar-refractivity contribution in [3.8, 4) is 0 Å². The smallest absolute Gasteiger partial charge is 0.359 e. The molecular weight excluding hydrogens is 170 g/mol. The van der Waals surface area contributed by atoms with Crippen molar-refractivity contribution in [2.75, 3.05) is 0 Å². The number of nitrogens with zero attached hydrogens (tertiary/aromatic N) is 3. The molecule has 0 aromatic carbocycles. The highest BCUT2D eigenvalue weighted by Gasteiger charge is 2.28. The summed E-state index contributed by atoms with van der Waals surface area (Å²) in [5, 5.41) is 23.5. The topological polar surface area (TPSA) is 113 Å². The zero-order valence-corrected chi connectivity index (χ0v) is 5.88. The average molecular weight is 173 g/mol. The van der Waals surface area contributed by atoms with E-state index in [-0.39, 0.29) is 4.90 Å². The Bertz CT molecular complexity index is 342. The lowest BCUT2D eigenvalue weighted by atomic mass is 10.3. The van der Waals surface area contributed by atoms with Gasteiger partial charge in [-0.2, -0.15) is 0 Å². The summed E-state index contributed by atoms with van der Waals surface area (Å²) >= 11 is 0. The lowest BCUT2D eigenvalue weighted by Crippen LogP contribution is -2.30. The Balaban J connectivity index is 3.31. The van der Waals surface area contributed by atoms with E-state index in [1.807, 2.05) is 0 Å². The van der Waals surface area contributed by atoms with Crippen LogP contribution in [0.5, 0.6) is 0 Å². The van der Waals surface area contributed by atoms with Gasteiger partial charge < -0.3 is 15.3 Å². The van der Waals surface area contributed by atoms with Crippen molar-refractivity contribution >= 4 is 11.6 Å². The summed E-state index contributed by atoms with van der Waals surface area (Å²) in [4.78, 5) is 19.5. The average Bonchev–Trinajstić information content (AvgIpc) is 2.30. The van der Waals surface area contributed by atoms with Crippen LogP contribution in [0, 0.1) is 15.3 Å². The molecule has 1 rings (SSSR count). The zero-order chi connectivity index (χ0) is 9.30. The fourth-order valence-electron chi connectivity index (χ4n) is 0.647. The quantitative estimate of drug-likeness (QED) is 0.256. The molecule has 0 fully saturated rings. The fourth-order valence-corrected chi connectivity index (χ4v) is 0.647. The van der Waals surface area contributed by atoms with Gasteiger partial charge in [-0.15, -0.1) is 0 Å². The Labute approximate surface area is 65.1 Å². The van der Waals surface area contributed by atoms with Crippen molar-refractivity contribution in [1.82, 2.24) is 5.16 Å². The molecular formula is C4H3N3O5. The molecule has 0 aliphatic carbocycles. The number of hydrogen-bond donors (Lipinski definition) is 0. The van der Waals surface area contributed by atoms with Gasteiger partial charge in [-0.1, -0.05) is 0 Å². The second-order valence-corrected chi connectivity index (χ2v) is 1.92. The van der Waals surface area contributed by atoms with Gasteiger partial charge in [-0.25, -0.2) is 0 Å². The first-order chi connectivity index (χ1) is 5.54. The molecule has 0 unspecified atom stereocenters. The summed E-state index contributed by atoms with van der Waals surface area (Å²) in [6, 6.07) is 0. The molecule has 0 N–H and O–H groups in total. The van der Waals surface area contributed by atoms with Crippen LogP contribution in [0.2, 0.25) is 0 Å². The van der Waals surface area contributed by atoms with Crippen LogP contribution < -0.4 is 4.90 Å². The standard InChI is InChI=1S/C4H3N3O5/c1-2(8)3-4(6(9)10)5-12-7(3)11/h1H3. The van der Waals surface area contributed by atoms with Gasteiger partial charge in [0.1, 0.15) is 0 Å². The second kappa shape index (κ2) is 2.57. The molecule has 0 saturated carbocycles. The molecule has 0 spiro atoms. The summed E-state index contributed by atoms with van der Waals surface area (Å²) < 4.78 is 3.87. The molecule has 12 heavy (non-hydrogen) atoms. The van der Waals surface area contributed by atoms with E-state index in [0.29, 0.717) is 0 Å². The maximum absolute atomic E-state index is 10.6. The van der Waals surface area contributed by atoms with Crippen LogP contribution in [0.4, 0.5) is 5.82 Å². The maximum Gasteiger partial charge on any atom is 0.443 e. The van der Waals surface area contributed by atoms with Crippen molar-refractivity contribution in [2.24, 2.45) is 0 Å². The van der Waals surface area contributed by atoms with Crippen LogP contribution in [-0.4, -0.2) is 15.9 Å². The van der Waals surface area contributed by atoms with E-state index in [4.69, 9.17) is 0 Å². The van der Waals surface area contributed by atoms with Crippen molar-refractivity contribution in [3.63, 3.8) is 0 Å². The molecule has 8 nitrogen and oxygen atoms in total. The van der Waals surface area contributed by atoms with E-state index in [1.54, 1.807) is 0 Å². The Morgan fingerprint density at radius 2 is 2.33 bits per heavy atom. The number of nitro groups is 1. The van der Waals surface area contributed by atoms with E-state index < -0.39 is 22.2 Å². The highest BCUT2D eigenvalue weighted by atomic mass is 16.8. The summed E-state index contributed by atoms with van der Waals surface area (Å²) in [5.41, 5.74) is -0.694. The number of Topliss-reactive ketones (excluding diaryl/α,β-unsaturated/α-hetero) is 1. The van der Waals surface area contributed by atoms with E-state index >= 15 is 0 Å². The van der Waals surface area contributed by atoms with Gasteiger partial charge in [0.15, 0.2) is 0 Å². The van der Waals surface area contributed by atoms with Crippen LogP contribution in [0.3, 0.4) is 0 Å². The molecule has 64 valence electrons. The SMILES string of the molecule is CC(=O)c1c([N+](=O)[O-])no[n+]1[O-]. The largest absolute Gasteiger partial charge is 0.443 e. The normalized spacial score (nSPS) is 9.75. The zero-order valence-electron chi connectivity index (χ0n) is 5.88. The summed E-state index contributed by atoms with van der Waals surface area (Å²) in [6.07, 6.45) is 0. The Kier molecular flexibility index (Phi) is 1.73. The first-order valence-electron chi connectivity index (χ1n) is 2.79. The number of carbonyl (C=O) groups is 1. The first kappa shape index (κ1) is 8.11. The molecule has 0 radical (unpaired) electrons. The third-order valence-electron chi connectivity index (χ3n) is 1.10. The molecule has 0 aliphatic heterocycles. The van der Waals surface area contributed by atoms with E-state index in [0.717, 1.165) is 6.92 Å². The van der Waals surface area contributed by atoms with Gasteiger partial charge in [-0.3, -0.25) is 9.42 Å². The number of aromatic nitrogens is 2. The van der Waals surface area contributed by atoms with Crippen LogP contribution in [0.1, 0.15) is 17.4 Å². The maximum atomic E-state index is 10.6. The lowest BCUT2D eigenvalue weighted by Gasteiger charge is -1.89. The van der Waals surface area contributed by atoms with Crippen molar-refractivity contribution < 1.29 is 19.2 Å². The van der Waals surface area contributed by atoms with Gasteiger partial charge >= 0.3 is 11.5 Å². The predicted molar refractivity (Wildman–Crippen MR) is 32.1 cm³/mol. The van der Waals surface area contributed by atoms with Crippen LogP contribution in [-0.2, 0) is 0 Å². The van der Waals surface area contributed by atoms with Gasteiger partial charge in [-0.05, 0) is 9.83 Å². The molecule has 1 aromatic rings. The van der Waals surface area contributed by atoms with Crippen LogP contribution >= 0.6 is 0 Å². The van der Waals surface area contributed by atoms with Gasteiger partial charge in [0, 0.05) is 6.92 Å². The monoisotopic (exact) mass is 173 g/mol. The number of hydrogen-bond acceptors (Lipinski definition) is 6. The fraction of sp³-hybridized carbons (Fsp3) is 0.250. The molecule has 1 aromatic heterocycles. The minimum absolute atomic E-state index is 0.291. The van der Waals surface area contributed by atoms with E-state index in [1.165, 1.54) is 0 Å². The van der Waals surface area contributed by atoms with Crippen molar-refractivity contribution in [2.45, 2.75) is 6.92 Å². The highest BCUT2D eigenvalue weighted by molar-refractivity contribution is 5.93. The number of carbonyl (C=O) groups excluding carboxylic acids is 1. The van der Waals surface area contributed by atoms with Gasteiger partial charge in [0.05, 0.1) is 5.16 Å². The Hall–Kier alpha value is -1.99. The second-order valence-electron chi connectivity index (χ2n) is 1.92.